The number of hydrogen-bond acceptors (Lipinski definition) is 2. The Morgan fingerprint density at radius 1 is 1.27 bits per heavy atom. The molecule has 0 spiro atoms. The normalized spacial score (nSPS) is 10.8. The molecule has 22 heavy (non-hydrogen) atoms. The largest absolute Gasteiger partial charge is 0.334 e. The van der Waals surface area contributed by atoms with Crippen LogP contribution in [0.3, 0.4) is 0 Å². The monoisotopic (exact) mass is 316 g/mol. The van der Waals surface area contributed by atoms with E-state index < -0.39 is 30.6 Å². The van der Waals surface area contributed by atoms with Gasteiger partial charge in [-0.25, -0.2) is 22.4 Å². The first-order chi connectivity index (χ1) is 10.4. The van der Waals surface area contributed by atoms with Crippen LogP contribution in [0.5, 0.6) is 0 Å². The molecular formula is C13H12F4N4O. The molecule has 0 aliphatic heterocycles. The average molecular weight is 316 g/mol. The van der Waals surface area contributed by atoms with Gasteiger partial charge in [-0.05, 0) is 18.2 Å². The molecule has 2 amide bonds. The van der Waals surface area contributed by atoms with Crippen molar-refractivity contribution >= 4 is 11.8 Å². The molecule has 118 valence electrons. The number of nitrogens with zero attached hydrogens (tertiary/aromatic N) is 2. The van der Waals surface area contributed by atoms with Crippen LogP contribution in [0.1, 0.15) is 5.56 Å². The quantitative estimate of drug-likeness (QED) is 0.833. The number of carbonyl (C=O) groups excluding carboxylic acids is 1. The van der Waals surface area contributed by atoms with Crippen LogP contribution in [0, 0.1) is 11.6 Å². The van der Waals surface area contributed by atoms with Crippen molar-refractivity contribution in [3.63, 3.8) is 0 Å². The minimum Gasteiger partial charge on any atom is -0.334 e. The molecule has 0 unspecified atom stereocenters. The van der Waals surface area contributed by atoms with E-state index in [0.717, 1.165) is 22.9 Å². The van der Waals surface area contributed by atoms with Crippen molar-refractivity contribution in [3.8, 4) is 0 Å². The zero-order chi connectivity index (χ0) is 16.1. The molecule has 0 aliphatic carbocycles. The van der Waals surface area contributed by atoms with Crippen LogP contribution in [-0.2, 0) is 13.1 Å². The van der Waals surface area contributed by atoms with Crippen molar-refractivity contribution in [2.24, 2.45) is 0 Å². The number of urea groups is 1. The molecule has 5 nitrogen and oxygen atoms in total. The van der Waals surface area contributed by atoms with E-state index in [1.807, 2.05) is 0 Å². The Morgan fingerprint density at radius 3 is 2.77 bits per heavy atom. The molecular weight excluding hydrogens is 304 g/mol. The molecule has 0 bridgehead atoms. The first kappa shape index (κ1) is 15.8. The number of aromatic nitrogens is 2. The SMILES string of the molecule is O=C(NCc1cc(F)ccc1F)Nc1ccn(CC(F)F)n1. The summed E-state index contributed by atoms with van der Waals surface area (Å²) in [5, 5.41) is 8.32. The lowest BCUT2D eigenvalue weighted by Gasteiger charge is -2.07. The highest BCUT2D eigenvalue weighted by molar-refractivity contribution is 5.88. The van der Waals surface area contributed by atoms with E-state index in [1.165, 1.54) is 12.3 Å². The number of nitrogens with one attached hydrogen (secondary N) is 2. The zero-order valence-corrected chi connectivity index (χ0v) is 11.2. The summed E-state index contributed by atoms with van der Waals surface area (Å²) in [6, 6.07) is 3.51. The molecule has 2 aromatic rings. The Hall–Kier alpha value is -2.58. The van der Waals surface area contributed by atoms with Crippen LogP contribution >= 0.6 is 0 Å². The predicted molar refractivity (Wildman–Crippen MR) is 70.4 cm³/mol. The van der Waals surface area contributed by atoms with Crippen molar-refractivity contribution in [2.75, 3.05) is 5.32 Å². The van der Waals surface area contributed by atoms with E-state index in [2.05, 4.69) is 15.7 Å². The van der Waals surface area contributed by atoms with Gasteiger partial charge in [0.25, 0.3) is 6.43 Å². The minimum atomic E-state index is -2.56. The molecule has 0 fully saturated rings. The lowest BCUT2D eigenvalue weighted by atomic mass is 10.2. The number of amides is 2. The number of rotatable bonds is 5. The molecule has 0 aliphatic rings. The number of anilines is 1. The van der Waals surface area contributed by atoms with Crippen LogP contribution in [0.4, 0.5) is 28.2 Å². The minimum absolute atomic E-state index is 0.0154. The van der Waals surface area contributed by atoms with Crippen LogP contribution in [0.2, 0.25) is 0 Å². The van der Waals surface area contributed by atoms with E-state index in [9.17, 15) is 22.4 Å². The van der Waals surface area contributed by atoms with E-state index in [4.69, 9.17) is 0 Å². The van der Waals surface area contributed by atoms with Gasteiger partial charge in [0.1, 0.15) is 18.2 Å². The van der Waals surface area contributed by atoms with Gasteiger partial charge in [-0.3, -0.25) is 10.00 Å². The Labute approximate surface area is 122 Å². The van der Waals surface area contributed by atoms with Crippen molar-refractivity contribution in [2.45, 2.75) is 19.5 Å². The lowest BCUT2D eigenvalue weighted by molar-refractivity contribution is 0.122. The molecule has 2 rings (SSSR count). The first-order valence-corrected chi connectivity index (χ1v) is 6.24. The van der Waals surface area contributed by atoms with Gasteiger partial charge in [-0.2, -0.15) is 5.10 Å². The summed E-state index contributed by atoms with van der Waals surface area (Å²) in [4.78, 5) is 11.6. The molecule has 2 N–H and O–H groups in total. The van der Waals surface area contributed by atoms with Crippen molar-refractivity contribution in [1.29, 1.82) is 0 Å². The van der Waals surface area contributed by atoms with E-state index in [1.54, 1.807) is 0 Å². The summed E-state index contributed by atoms with van der Waals surface area (Å²) < 4.78 is 51.6. The van der Waals surface area contributed by atoms with E-state index in [0.29, 0.717) is 0 Å². The number of benzene rings is 1. The lowest BCUT2D eigenvalue weighted by Crippen LogP contribution is -2.28. The van der Waals surface area contributed by atoms with Gasteiger partial charge in [0.05, 0.1) is 0 Å². The fraction of sp³-hybridized carbons (Fsp3) is 0.231. The molecule has 0 saturated carbocycles. The maximum atomic E-state index is 13.3. The third kappa shape index (κ3) is 4.47. The first-order valence-electron chi connectivity index (χ1n) is 6.24. The van der Waals surface area contributed by atoms with Crippen molar-refractivity contribution in [1.82, 2.24) is 15.1 Å². The standard InChI is InChI=1S/C13H12F4N4O/c14-9-1-2-10(15)8(5-9)6-18-13(22)19-12-3-4-21(20-12)7-11(16)17/h1-5,11H,6-7H2,(H2,18,19,20,22). The average Bonchev–Trinajstić information content (AvgIpc) is 2.86. The zero-order valence-electron chi connectivity index (χ0n) is 11.2. The maximum Gasteiger partial charge on any atom is 0.320 e. The number of alkyl halides is 2. The van der Waals surface area contributed by atoms with E-state index >= 15 is 0 Å². The number of hydrogen-bond donors (Lipinski definition) is 2. The summed E-state index contributed by atoms with van der Waals surface area (Å²) in [7, 11) is 0. The summed E-state index contributed by atoms with van der Waals surface area (Å²) in [6.07, 6.45) is -1.27. The van der Waals surface area contributed by atoms with Gasteiger partial charge in [0.2, 0.25) is 0 Å². The van der Waals surface area contributed by atoms with Crippen LogP contribution in [-0.4, -0.2) is 22.2 Å². The summed E-state index contributed by atoms with van der Waals surface area (Å²) in [5.41, 5.74) is -0.0154. The third-order valence-electron chi connectivity index (χ3n) is 2.65. The molecule has 1 heterocycles. The van der Waals surface area contributed by atoms with Crippen molar-refractivity contribution in [3.05, 3.63) is 47.7 Å². The molecule has 1 aromatic heterocycles. The molecule has 9 heteroatoms. The molecule has 0 atom stereocenters. The second-order valence-corrected chi connectivity index (χ2v) is 4.36. The molecule has 0 radical (unpaired) electrons. The van der Waals surface area contributed by atoms with Gasteiger partial charge in [0.15, 0.2) is 5.82 Å². The second kappa shape index (κ2) is 6.92. The van der Waals surface area contributed by atoms with Crippen molar-refractivity contribution < 1.29 is 22.4 Å². The van der Waals surface area contributed by atoms with Gasteiger partial charge in [-0.1, -0.05) is 0 Å². The third-order valence-corrected chi connectivity index (χ3v) is 2.65. The van der Waals surface area contributed by atoms with Crippen LogP contribution < -0.4 is 10.6 Å². The van der Waals surface area contributed by atoms with E-state index in [-0.39, 0.29) is 17.9 Å². The fourth-order valence-corrected chi connectivity index (χ4v) is 1.69. The summed E-state index contributed by atoms with van der Waals surface area (Å²) in [6.45, 7) is -0.815. The maximum absolute atomic E-state index is 13.3. The Balaban J connectivity index is 1.87. The van der Waals surface area contributed by atoms with Crippen LogP contribution in [0.15, 0.2) is 30.5 Å². The second-order valence-electron chi connectivity index (χ2n) is 4.36. The number of carbonyl (C=O) groups is 1. The number of halogens is 4. The highest BCUT2D eigenvalue weighted by atomic mass is 19.3. The molecule has 0 saturated heterocycles. The highest BCUT2D eigenvalue weighted by Gasteiger charge is 2.09. The Morgan fingerprint density at radius 2 is 2.05 bits per heavy atom. The predicted octanol–water partition coefficient (Wildman–Crippen LogP) is 2.75. The van der Waals surface area contributed by atoms with Crippen LogP contribution in [0.25, 0.3) is 0 Å². The molecule has 1 aromatic carbocycles. The fourth-order valence-electron chi connectivity index (χ4n) is 1.69. The summed E-state index contributed by atoms with van der Waals surface area (Å²) in [5.74, 6) is -1.20. The Bertz CT molecular complexity index is 659. The highest BCUT2D eigenvalue weighted by Crippen LogP contribution is 2.09. The van der Waals surface area contributed by atoms with Gasteiger partial charge < -0.3 is 5.32 Å². The van der Waals surface area contributed by atoms with Gasteiger partial charge >= 0.3 is 6.03 Å². The summed E-state index contributed by atoms with van der Waals surface area (Å²) >= 11 is 0. The van der Waals surface area contributed by atoms with Gasteiger partial charge in [-0.15, -0.1) is 0 Å². The van der Waals surface area contributed by atoms with Gasteiger partial charge in [0, 0.05) is 24.4 Å². The topological polar surface area (TPSA) is 59.0 Å². The Kier molecular flexibility index (Phi) is 4.97. The smallest absolute Gasteiger partial charge is 0.320 e.